The van der Waals surface area contributed by atoms with E-state index in [4.69, 9.17) is 0 Å². The highest BCUT2D eigenvalue weighted by atomic mass is 16.2. The Balaban J connectivity index is 1.70. The largest absolute Gasteiger partial charge is 0.320 e. The van der Waals surface area contributed by atoms with Crippen LogP contribution >= 0.6 is 0 Å². The third kappa shape index (κ3) is 3.35. The molecule has 2 atom stereocenters. The summed E-state index contributed by atoms with van der Waals surface area (Å²) in [5.41, 5.74) is 2.59. The molecule has 0 radical (unpaired) electrons. The number of anilines is 3. The van der Waals surface area contributed by atoms with E-state index in [0.717, 1.165) is 25.1 Å². The van der Waals surface area contributed by atoms with Crippen molar-refractivity contribution < 1.29 is 9.59 Å². The molecule has 5 heteroatoms. The summed E-state index contributed by atoms with van der Waals surface area (Å²) in [6.07, 6.45) is 2.55. The molecule has 1 fully saturated rings. The molecule has 5 nitrogen and oxygen atoms in total. The second-order valence-electron chi connectivity index (χ2n) is 7.64. The summed E-state index contributed by atoms with van der Waals surface area (Å²) >= 11 is 0. The number of piperidine rings is 1. The summed E-state index contributed by atoms with van der Waals surface area (Å²) in [5.74, 6) is 0.240. The fraction of sp³-hybridized carbons (Fsp3) is 0.364. The van der Waals surface area contributed by atoms with Crippen molar-refractivity contribution in [1.29, 1.82) is 0 Å². The van der Waals surface area contributed by atoms with E-state index >= 15 is 0 Å². The van der Waals surface area contributed by atoms with Gasteiger partial charge in [-0.05, 0) is 63.5 Å². The molecule has 4 rings (SSSR count). The fourth-order valence-corrected chi connectivity index (χ4v) is 4.13. The Bertz CT molecular complexity index is 879. The van der Waals surface area contributed by atoms with Crippen LogP contribution in [0.15, 0.2) is 48.5 Å². The second-order valence-corrected chi connectivity index (χ2v) is 7.64. The lowest BCUT2D eigenvalue weighted by atomic mass is 9.89. The lowest BCUT2D eigenvalue weighted by Gasteiger charge is -2.35. The Morgan fingerprint density at radius 1 is 1.11 bits per heavy atom. The highest BCUT2D eigenvalue weighted by Gasteiger charge is 2.32. The molecule has 0 bridgehead atoms. The minimum Gasteiger partial charge on any atom is -0.320 e. The summed E-state index contributed by atoms with van der Waals surface area (Å²) in [7, 11) is 2.14. The third-order valence-electron chi connectivity index (χ3n) is 5.81. The van der Waals surface area contributed by atoms with Crippen LogP contribution in [-0.4, -0.2) is 36.3 Å². The normalized spacial score (nSPS) is 22.4. The summed E-state index contributed by atoms with van der Waals surface area (Å²) in [5, 5.41) is 2.94. The van der Waals surface area contributed by atoms with Gasteiger partial charge in [-0.1, -0.05) is 24.3 Å². The van der Waals surface area contributed by atoms with Gasteiger partial charge in [0.2, 0.25) is 5.91 Å². The highest BCUT2D eigenvalue weighted by molar-refractivity contribution is 6.17. The van der Waals surface area contributed by atoms with Gasteiger partial charge in [0.05, 0.1) is 22.6 Å². The van der Waals surface area contributed by atoms with Gasteiger partial charge in [0.15, 0.2) is 0 Å². The van der Waals surface area contributed by atoms with Gasteiger partial charge in [-0.25, -0.2) is 0 Å². The Labute approximate surface area is 160 Å². The van der Waals surface area contributed by atoms with Crippen LogP contribution in [0.25, 0.3) is 0 Å². The van der Waals surface area contributed by atoms with Crippen molar-refractivity contribution in [2.24, 2.45) is 5.92 Å². The first-order valence-electron chi connectivity index (χ1n) is 9.57. The van der Waals surface area contributed by atoms with E-state index in [2.05, 4.69) is 24.2 Å². The molecule has 0 spiro atoms. The Kier molecular flexibility index (Phi) is 4.70. The quantitative estimate of drug-likeness (QED) is 0.876. The van der Waals surface area contributed by atoms with E-state index in [9.17, 15) is 9.59 Å². The van der Waals surface area contributed by atoms with Crippen molar-refractivity contribution in [1.82, 2.24) is 4.90 Å². The minimum atomic E-state index is -0.179. The molecule has 0 unspecified atom stereocenters. The summed E-state index contributed by atoms with van der Waals surface area (Å²) in [6.45, 7) is 3.24. The standard InChI is InChI=1S/C22H25N3O2/c1-15-13-16(11-12-24(15)2)14-21(26)25-19-9-5-3-7-17(19)22(27)23-18-8-4-6-10-20(18)25/h3-10,15-16H,11-14H2,1-2H3,(H,23,27)/t15-,16-/m0/s1. The first kappa shape index (κ1) is 17.7. The molecule has 0 aromatic heterocycles. The molecule has 2 heterocycles. The zero-order valence-corrected chi connectivity index (χ0v) is 15.8. The van der Waals surface area contributed by atoms with Gasteiger partial charge in [0, 0.05) is 12.5 Å². The first-order valence-corrected chi connectivity index (χ1v) is 9.57. The Morgan fingerprint density at radius 3 is 2.59 bits per heavy atom. The predicted molar refractivity (Wildman–Crippen MR) is 107 cm³/mol. The topological polar surface area (TPSA) is 52.7 Å². The smallest absolute Gasteiger partial charge is 0.257 e. The molecule has 2 aromatic carbocycles. The monoisotopic (exact) mass is 363 g/mol. The van der Waals surface area contributed by atoms with E-state index in [1.54, 1.807) is 11.0 Å². The first-order chi connectivity index (χ1) is 13.0. The number of hydrogen-bond donors (Lipinski definition) is 1. The highest BCUT2D eigenvalue weighted by Crippen LogP contribution is 2.39. The lowest BCUT2D eigenvalue weighted by molar-refractivity contribution is -0.119. The van der Waals surface area contributed by atoms with Crippen molar-refractivity contribution >= 4 is 28.9 Å². The second kappa shape index (κ2) is 7.16. The van der Waals surface area contributed by atoms with Crippen molar-refractivity contribution in [2.75, 3.05) is 23.8 Å². The van der Waals surface area contributed by atoms with Gasteiger partial charge in [-0.15, -0.1) is 0 Å². The number of benzene rings is 2. The maximum Gasteiger partial charge on any atom is 0.257 e. The number of rotatable bonds is 2. The summed E-state index contributed by atoms with van der Waals surface area (Å²) in [4.78, 5) is 30.1. The number of hydrogen-bond acceptors (Lipinski definition) is 3. The number of para-hydroxylation sites is 3. The summed E-state index contributed by atoms with van der Waals surface area (Å²) in [6, 6.07) is 15.3. The molecular weight excluding hydrogens is 338 g/mol. The predicted octanol–water partition coefficient (Wildman–Crippen LogP) is 4.04. The number of carbonyl (C=O) groups excluding carboxylic acids is 2. The van der Waals surface area contributed by atoms with Gasteiger partial charge < -0.3 is 10.2 Å². The Hall–Kier alpha value is -2.66. The number of nitrogens with one attached hydrogen (secondary N) is 1. The number of carbonyl (C=O) groups is 2. The van der Waals surface area contributed by atoms with Crippen LogP contribution in [0.5, 0.6) is 0 Å². The van der Waals surface area contributed by atoms with E-state index in [-0.39, 0.29) is 11.8 Å². The van der Waals surface area contributed by atoms with E-state index in [1.165, 1.54) is 0 Å². The molecular formula is C22H25N3O2. The molecule has 2 amide bonds. The molecule has 2 aliphatic rings. The van der Waals surface area contributed by atoms with Crippen LogP contribution in [0.4, 0.5) is 17.1 Å². The van der Waals surface area contributed by atoms with Crippen LogP contribution in [0.2, 0.25) is 0 Å². The fourth-order valence-electron chi connectivity index (χ4n) is 4.13. The van der Waals surface area contributed by atoms with Gasteiger partial charge in [-0.3, -0.25) is 14.5 Å². The molecule has 0 aliphatic carbocycles. The minimum absolute atomic E-state index is 0.0492. The Morgan fingerprint density at radius 2 is 1.81 bits per heavy atom. The van der Waals surface area contributed by atoms with Crippen molar-refractivity contribution in [3.8, 4) is 0 Å². The third-order valence-corrected chi connectivity index (χ3v) is 5.81. The van der Waals surface area contributed by atoms with Crippen molar-refractivity contribution in [2.45, 2.75) is 32.2 Å². The van der Waals surface area contributed by atoms with Crippen molar-refractivity contribution in [3.05, 3.63) is 54.1 Å². The zero-order chi connectivity index (χ0) is 19.0. The molecule has 2 aromatic rings. The van der Waals surface area contributed by atoms with Gasteiger partial charge in [0.25, 0.3) is 5.91 Å². The van der Waals surface area contributed by atoms with E-state index in [1.807, 2.05) is 42.5 Å². The van der Waals surface area contributed by atoms with Crippen LogP contribution in [0, 0.1) is 5.92 Å². The molecule has 2 aliphatic heterocycles. The van der Waals surface area contributed by atoms with E-state index < -0.39 is 0 Å². The summed E-state index contributed by atoms with van der Waals surface area (Å²) < 4.78 is 0. The van der Waals surface area contributed by atoms with Gasteiger partial charge >= 0.3 is 0 Å². The molecule has 140 valence electrons. The van der Waals surface area contributed by atoms with Crippen LogP contribution in [-0.2, 0) is 4.79 Å². The number of amides is 2. The zero-order valence-electron chi connectivity index (χ0n) is 15.8. The van der Waals surface area contributed by atoms with Crippen molar-refractivity contribution in [3.63, 3.8) is 0 Å². The maximum atomic E-state index is 13.4. The molecule has 0 saturated carbocycles. The average molecular weight is 363 g/mol. The van der Waals surface area contributed by atoms with Gasteiger partial charge in [0.1, 0.15) is 0 Å². The van der Waals surface area contributed by atoms with Crippen LogP contribution in [0.1, 0.15) is 36.5 Å². The molecule has 1 N–H and O–H groups in total. The molecule has 1 saturated heterocycles. The van der Waals surface area contributed by atoms with Crippen LogP contribution in [0.3, 0.4) is 0 Å². The average Bonchev–Trinajstić information content (AvgIpc) is 2.79. The van der Waals surface area contributed by atoms with Crippen LogP contribution < -0.4 is 10.2 Å². The lowest BCUT2D eigenvalue weighted by Crippen LogP contribution is -2.39. The maximum absolute atomic E-state index is 13.4. The van der Waals surface area contributed by atoms with Gasteiger partial charge in [-0.2, -0.15) is 0 Å². The molecule has 27 heavy (non-hydrogen) atoms. The van der Waals surface area contributed by atoms with E-state index in [0.29, 0.717) is 35.3 Å². The number of fused-ring (bicyclic) bond motifs is 2. The number of nitrogens with zero attached hydrogens (tertiary/aromatic N) is 2. The number of likely N-dealkylation sites (tertiary alicyclic amines) is 1. The SMILES string of the molecule is C[C@H]1C[C@@H](CC(=O)N2c3ccccc3NC(=O)c3ccccc32)CCN1C.